The Bertz CT molecular complexity index is 1530. The van der Waals surface area contributed by atoms with E-state index in [0.717, 1.165) is 59.5 Å². The van der Waals surface area contributed by atoms with Crippen LogP contribution in [0, 0.1) is 6.92 Å². The molecule has 0 unspecified atom stereocenters. The van der Waals surface area contributed by atoms with Crippen molar-refractivity contribution in [2.75, 3.05) is 5.32 Å². The molecule has 4 nitrogen and oxygen atoms in total. The Morgan fingerprint density at radius 1 is 0.886 bits per heavy atom. The number of aromatic nitrogens is 2. The summed E-state index contributed by atoms with van der Waals surface area (Å²) in [5.74, 6) is -0.103. The van der Waals surface area contributed by atoms with Crippen molar-refractivity contribution in [2.24, 2.45) is 0 Å². The zero-order valence-electron chi connectivity index (χ0n) is 19.6. The van der Waals surface area contributed by atoms with E-state index < -0.39 is 0 Å². The molecule has 0 saturated heterocycles. The third-order valence-electron chi connectivity index (χ3n) is 6.86. The van der Waals surface area contributed by atoms with Gasteiger partial charge in [0, 0.05) is 34.6 Å². The summed E-state index contributed by atoms with van der Waals surface area (Å²) < 4.78 is 4.49. The Balaban J connectivity index is 1.62. The summed E-state index contributed by atoms with van der Waals surface area (Å²) in [6.07, 6.45) is 5.24. The van der Waals surface area contributed by atoms with Crippen LogP contribution in [0.25, 0.3) is 28.0 Å². The summed E-state index contributed by atoms with van der Waals surface area (Å²) in [6.45, 7) is 3.00. The van der Waals surface area contributed by atoms with Gasteiger partial charge in [0.05, 0.1) is 5.69 Å². The van der Waals surface area contributed by atoms with Gasteiger partial charge in [-0.1, -0.05) is 71.8 Å². The number of halogens is 1. The van der Waals surface area contributed by atoms with E-state index in [1.165, 1.54) is 11.1 Å². The van der Waals surface area contributed by atoms with E-state index in [1.54, 1.807) is 0 Å². The molecule has 0 saturated carbocycles. The minimum absolute atomic E-state index is 0.103. The molecular formula is C30H26ClN3O. The molecule has 1 amide bonds. The first-order valence-electron chi connectivity index (χ1n) is 12.1. The second-order valence-electron chi connectivity index (χ2n) is 9.21. The van der Waals surface area contributed by atoms with E-state index in [0.29, 0.717) is 10.7 Å². The van der Waals surface area contributed by atoms with Crippen molar-refractivity contribution in [1.29, 1.82) is 0 Å². The Hall–Kier alpha value is -3.76. The maximum absolute atomic E-state index is 13.9. The molecule has 5 heteroatoms. The van der Waals surface area contributed by atoms with Gasteiger partial charge in [-0.3, -0.25) is 9.20 Å². The van der Waals surface area contributed by atoms with E-state index in [1.807, 2.05) is 42.5 Å². The van der Waals surface area contributed by atoms with Crippen molar-refractivity contribution in [2.45, 2.75) is 32.7 Å². The number of nitrogens with zero attached hydrogens (tertiary/aromatic N) is 2. The molecule has 0 fully saturated rings. The summed E-state index contributed by atoms with van der Waals surface area (Å²) >= 11 is 6.17. The lowest BCUT2D eigenvalue weighted by atomic mass is 9.97. The van der Waals surface area contributed by atoms with Crippen molar-refractivity contribution in [1.82, 2.24) is 8.97 Å². The summed E-state index contributed by atoms with van der Waals surface area (Å²) in [5, 5.41) is 3.85. The number of para-hydroxylation sites is 1. The number of hydrogen-bond acceptors (Lipinski definition) is 1. The van der Waals surface area contributed by atoms with Gasteiger partial charge in [0.15, 0.2) is 0 Å². The van der Waals surface area contributed by atoms with Gasteiger partial charge in [-0.2, -0.15) is 0 Å². The van der Waals surface area contributed by atoms with E-state index in [2.05, 4.69) is 63.8 Å². The predicted molar refractivity (Wildman–Crippen MR) is 143 cm³/mol. The number of hydrogen-bond donors (Lipinski definition) is 1. The average Bonchev–Trinajstić information content (AvgIpc) is 3.28. The molecule has 0 aliphatic carbocycles. The average molecular weight is 480 g/mol. The summed E-state index contributed by atoms with van der Waals surface area (Å²) in [6, 6.07) is 26.1. The molecule has 2 aromatic heterocycles. The first-order chi connectivity index (χ1) is 17.1. The molecule has 174 valence electrons. The number of imidazole rings is 1. The van der Waals surface area contributed by atoms with Gasteiger partial charge in [-0.15, -0.1) is 0 Å². The summed E-state index contributed by atoms with van der Waals surface area (Å²) in [7, 11) is 0. The zero-order chi connectivity index (χ0) is 23.9. The first-order valence-corrected chi connectivity index (χ1v) is 12.4. The summed E-state index contributed by atoms with van der Waals surface area (Å²) in [4.78, 5) is 13.9. The van der Waals surface area contributed by atoms with Crippen LogP contribution in [0.1, 0.15) is 34.5 Å². The van der Waals surface area contributed by atoms with Crippen LogP contribution in [-0.4, -0.2) is 14.9 Å². The third-order valence-corrected chi connectivity index (χ3v) is 7.11. The molecule has 0 spiro atoms. The fourth-order valence-electron chi connectivity index (χ4n) is 5.20. The fourth-order valence-corrected chi connectivity index (χ4v) is 5.33. The van der Waals surface area contributed by atoms with Crippen LogP contribution in [0.5, 0.6) is 0 Å². The number of aryl methyl sites for hydroxylation is 3. The largest absolute Gasteiger partial charge is 0.325 e. The molecular weight excluding hydrogens is 454 g/mol. The predicted octanol–water partition coefficient (Wildman–Crippen LogP) is 7.63. The maximum atomic E-state index is 13.9. The number of benzene rings is 3. The number of carbonyl (C=O) groups is 1. The molecule has 0 radical (unpaired) electrons. The summed E-state index contributed by atoms with van der Waals surface area (Å²) in [5.41, 5.74) is 9.33. The third kappa shape index (κ3) is 3.84. The highest BCUT2D eigenvalue weighted by Crippen LogP contribution is 2.40. The van der Waals surface area contributed by atoms with Crippen LogP contribution in [0.3, 0.4) is 0 Å². The first kappa shape index (κ1) is 21.8. The van der Waals surface area contributed by atoms with Crippen LogP contribution < -0.4 is 5.32 Å². The highest BCUT2D eigenvalue weighted by atomic mass is 35.5. The van der Waals surface area contributed by atoms with E-state index >= 15 is 0 Å². The van der Waals surface area contributed by atoms with Crippen molar-refractivity contribution >= 4 is 28.8 Å². The van der Waals surface area contributed by atoms with Crippen molar-refractivity contribution in [3.8, 4) is 22.4 Å². The smallest absolute Gasteiger partial charge is 0.273 e. The van der Waals surface area contributed by atoms with E-state index in [4.69, 9.17) is 11.6 Å². The van der Waals surface area contributed by atoms with Crippen LogP contribution in [-0.2, 0) is 13.0 Å². The van der Waals surface area contributed by atoms with Gasteiger partial charge in [0.25, 0.3) is 5.91 Å². The minimum Gasteiger partial charge on any atom is -0.325 e. The number of rotatable bonds is 4. The van der Waals surface area contributed by atoms with Crippen molar-refractivity contribution in [3.63, 3.8) is 0 Å². The molecule has 3 aromatic carbocycles. The topological polar surface area (TPSA) is 38.4 Å². The number of carbonyl (C=O) groups excluding carboxylic acids is 1. The molecule has 0 atom stereocenters. The normalized spacial score (nSPS) is 13.1. The number of amides is 1. The van der Waals surface area contributed by atoms with Crippen molar-refractivity contribution < 1.29 is 4.79 Å². The molecule has 6 rings (SSSR count). The van der Waals surface area contributed by atoms with Crippen LogP contribution in [0.15, 0.2) is 85.1 Å². The lowest BCUT2D eigenvalue weighted by Gasteiger charge is -2.10. The monoisotopic (exact) mass is 479 g/mol. The second kappa shape index (κ2) is 8.79. The number of nitrogens with one attached hydrogen (secondary N) is 1. The molecule has 35 heavy (non-hydrogen) atoms. The van der Waals surface area contributed by atoms with Crippen LogP contribution in [0.4, 0.5) is 5.69 Å². The van der Waals surface area contributed by atoms with Crippen molar-refractivity contribution in [3.05, 3.63) is 107 Å². The Kier molecular flexibility index (Phi) is 5.46. The van der Waals surface area contributed by atoms with E-state index in [9.17, 15) is 4.79 Å². The Morgan fingerprint density at radius 2 is 1.60 bits per heavy atom. The lowest BCUT2D eigenvalue weighted by molar-refractivity contribution is 0.102. The van der Waals surface area contributed by atoms with Gasteiger partial charge < -0.3 is 9.88 Å². The van der Waals surface area contributed by atoms with Gasteiger partial charge in [0.1, 0.15) is 11.3 Å². The minimum atomic E-state index is -0.103. The van der Waals surface area contributed by atoms with Gasteiger partial charge in [-0.05, 0) is 61.6 Å². The highest BCUT2D eigenvalue weighted by molar-refractivity contribution is 6.30. The fraction of sp³-hybridized carbons (Fsp3) is 0.167. The molecule has 5 aromatic rings. The lowest BCUT2D eigenvalue weighted by Crippen LogP contribution is -2.15. The standard InChI is InChI=1S/C30H26ClN3O/c1-20-10-12-22(13-11-20)27-25-9-5-6-18-33-26(21-14-16-23(31)17-15-21)19-34(30(25)33)28(27)29(35)32-24-7-3-2-4-8-24/h2-4,7-8,10-17,19H,5-6,9,18H2,1H3,(H,32,35). The van der Waals surface area contributed by atoms with Gasteiger partial charge >= 0.3 is 0 Å². The number of anilines is 1. The molecule has 0 bridgehead atoms. The SMILES string of the molecule is Cc1ccc(-c2c3c4n(c(-c5ccc(Cl)cc5)cn4c2C(=O)Nc2ccccc2)CCCC3)cc1. The quantitative estimate of drug-likeness (QED) is 0.283. The van der Waals surface area contributed by atoms with E-state index in [-0.39, 0.29) is 5.91 Å². The molecule has 1 aliphatic rings. The molecule has 3 heterocycles. The second-order valence-corrected chi connectivity index (χ2v) is 9.65. The maximum Gasteiger partial charge on any atom is 0.273 e. The Labute approximate surface area is 209 Å². The zero-order valence-corrected chi connectivity index (χ0v) is 20.3. The van der Waals surface area contributed by atoms with Crippen LogP contribution >= 0.6 is 11.6 Å². The van der Waals surface area contributed by atoms with Gasteiger partial charge in [0.2, 0.25) is 0 Å². The van der Waals surface area contributed by atoms with Gasteiger partial charge in [-0.25, -0.2) is 0 Å². The molecule has 1 aliphatic heterocycles. The highest BCUT2D eigenvalue weighted by Gasteiger charge is 2.29. The van der Waals surface area contributed by atoms with Crippen LogP contribution in [0.2, 0.25) is 5.02 Å². The Morgan fingerprint density at radius 3 is 2.34 bits per heavy atom. The molecule has 1 N–H and O–H groups in total.